The zero-order chi connectivity index (χ0) is 13.5. The fourth-order valence-electron chi connectivity index (χ4n) is 3.33. The molecule has 2 aromatic carbocycles. The summed E-state index contributed by atoms with van der Waals surface area (Å²) in [5, 5.41) is 4.61. The van der Waals surface area contributed by atoms with Crippen LogP contribution in [0.1, 0.15) is 12.0 Å². The number of nitrogens with zero attached hydrogens (tertiary/aromatic N) is 1. The van der Waals surface area contributed by atoms with Gasteiger partial charge in [0, 0.05) is 36.4 Å². The largest absolute Gasteiger partial charge is 0.388 e. The topological polar surface area (TPSA) is 17.0 Å². The predicted molar refractivity (Wildman–Crippen MR) is 85.2 cm³/mol. The van der Waals surface area contributed by atoms with E-state index in [0.29, 0.717) is 0 Å². The number of rotatable bonds is 2. The zero-order valence-corrected chi connectivity index (χ0v) is 11.7. The van der Waals surface area contributed by atoms with Gasteiger partial charge in [0.1, 0.15) is 0 Å². The van der Waals surface area contributed by atoms with Crippen LogP contribution in [0.3, 0.4) is 0 Å². The summed E-state index contributed by atoms with van der Waals surface area (Å²) in [5.74, 6) is 0. The molecular formula is C18H18N2. The molecular weight excluding hydrogens is 244 g/mol. The fourth-order valence-corrected chi connectivity index (χ4v) is 3.33. The van der Waals surface area contributed by atoms with Crippen molar-refractivity contribution in [1.82, 2.24) is 4.57 Å². The highest BCUT2D eigenvalue weighted by Gasteiger charge is 2.16. The molecule has 0 spiro atoms. The van der Waals surface area contributed by atoms with E-state index < -0.39 is 0 Å². The summed E-state index contributed by atoms with van der Waals surface area (Å²) < 4.78 is 2.43. The van der Waals surface area contributed by atoms with Crippen molar-refractivity contribution in [3.05, 3.63) is 54.2 Å². The molecule has 0 amide bonds. The van der Waals surface area contributed by atoms with Crippen LogP contribution >= 0.6 is 0 Å². The number of hydrogen-bond acceptors (Lipinski definition) is 1. The smallest absolute Gasteiger partial charge is 0.0519 e. The van der Waals surface area contributed by atoms with E-state index in [1.807, 2.05) is 7.05 Å². The van der Waals surface area contributed by atoms with Gasteiger partial charge in [-0.25, -0.2) is 0 Å². The quantitative estimate of drug-likeness (QED) is 0.728. The third kappa shape index (κ3) is 1.64. The second-order valence-electron chi connectivity index (χ2n) is 5.48. The minimum absolute atomic E-state index is 1.14. The van der Waals surface area contributed by atoms with Gasteiger partial charge in [-0.15, -0.1) is 0 Å². The van der Waals surface area contributed by atoms with Crippen molar-refractivity contribution in [2.24, 2.45) is 0 Å². The summed E-state index contributed by atoms with van der Waals surface area (Å²) in [6, 6.07) is 15.4. The molecule has 2 heteroatoms. The van der Waals surface area contributed by atoms with Crippen LogP contribution < -0.4 is 5.32 Å². The molecule has 0 fully saturated rings. The second-order valence-corrected chi connectivity index (χ2v) is 5.48. The molecule has 0 bridgehead atoms. The van der Waals surface area contributed by atoms with Crippen LogP contribution in [-0.4, -0.2) is 11.6 Å². The van der Waals surface area contributed by atoms with Gasteiger partial charge in [-0.3, -0.25) is 0 Å². The number of benzene rings is 2. The zero-order valence-electron chi connectivity index (χ0n) is 11.7. The van der Waals surface area contributed by atoms with Crippen LogP contribution in [0.25, 0.3) is 22.0 Å². The third-order valence-corrected chi connectivity index (χ3v) is 4.29. The van der Waals surface area contributed by atoms with Crippen LogP contribution in [0, 0.1) is 0 Å². The third-order valence-electron chi connectivity index (χ3n) is 4.29. The molecule has 100 valence electrons. The second kappa shape index (κ2) is 4.41. The number of hydrogen-bond donors (Lipinski definition) is 1. The Morgan fingerprint density at radius 3 is 2.90 bits per heavy atom. The first-order chi connectivity index (χ1) is 9.86. The minimum atomic E-state index is 1.14. The summed E-state index contributed by atoms with van der Waals surface area (Å²) in [5.41, 5.74) is 6.73. The summed E-state index contributed by atoms with van der Waals surface area (Å²) in [6.07, 6.45) is 4.77. The molecule has 1 N–H and O–H groups in total. The molecule has 2 nitrogen and oxygen atoms in total. The van der Waals surface area contributed by atoms with Crippen molar-refractivity contribution in [3.8, 4) is 11.1 Å². The first kappa shape index (κ1) is 11.6. The molecule has 0 saturated carbocycles. The SMILES string of the molecule is CNc1cccc(-c2cn3c4c(cccc24)CCC3)c1. The van der Waals surface area contributed by atoms with E-state index in [4.69, 9.17) is 0 Å². The maximum absolute atomic E-state index is 3.22. The van der Waals surface area contributed by atoms with Crippen molar-refractivity contribution in [3.63, 3.8) is 0 Å². The van der Waals surface area contributed by atoms with E-state index in [1.165, 1.54) is 40.4 Å². The lowest BCUT2D eigenvalue weighted by atomic mass is 10.00. The highest BCUT2D eigenvalue weighted by atomic mass is 15.0. The van der Waals surface area contributed by atoms with Crippen molar-refractivity contribution in [1.29, 1.82) is 0 Å². The lowest BCUT2D eigenvalue weighted by molar-refractivity contribution is 0.636. The lowest BCUT2D eigenvalue weighted by Crippen LogP contribution is -2.05. The highest BCUT2D eigenvalue weighted by Crippen LogP contribution is 2.35. The molecule has 0 aliphatic carbocycles. The van der Waals surface area contributed by atoms with Crippen LogP contribution in [-0.2, 0) is 13.0 Å². The average molecular weight is 262 g/mol. The van der Waals surface area contributed by atoms with Crippen LogP contribution in [0.15, 0.2) is 48.7 Å². The Morgan fingerprint density at radius 1 is 1.10 bits per heavy atom. The van der Waals surface area contributed by atoms with Crippen molar-refractivity contribution in [2.45, 2.75) is 19.4 Å². The van der Waals surface area contributed by atoms with E-state index in [2.05, 4.69) is 58.5 Å². The van der Waals surface area contributed by atoms with E-state index >= 15 is 0 Å². The molecule has 1 aliphatic rings. The molecule has 0 atom stereocenters. The van der Waals surface area contributed by atoms with E-state index in [0.717, 1.165) is 12.2 Å². The van der Waals surface area contributed by atoms with Crippen LogP contribution in [0.4, 0.5) is 5.69 Å². The summed E-state index contributed by atoms with van der Waals surface area (Å²) in [7, 11) is 1.97. The van der Waals surface area contributed by atoms with Crippen molar-refractivity contribution in [2.75, 3.05) is 12.4 Å². The van der Waals surface area contributed by atoms with Gasteiger partial charge in [-0.2, -0.15) is 0 Å². The first-order valence-corrected chi connectivity index (χ1v) is 7.26. The molecule has 20 heavy (non-hydrogen) atoms. The molecule has 2 heterocycles. The van der Waals surface area contributed by atoms with Gasteiger partial charge in [0.05, 0.1) is 5.52 Å². The molecule has 1 aliphatic heterocycles. The van der Waals surface area contributed by atoms with Gasteiger partial charge in [-0.05, 0) is 36.1 Å². The Hall–Kier alpha value is -2.22. The summed E-state index contributed by atoms with van der Waals surface area (Å²) in [4.78, 5) is 0. The van der Waals surface area contributed by atoms with Gasteiger partial charge < -0.3 is 9.88 Å². The van der Waals surface area contributed by atoms with Gasteiger partial charge in [0.15, 0.2) is 0 Å². The summed E-state index contributed by atoms with van der Waals surface area (Å²) in [6.45, 7) is 1.14. The number of nitrogens with one attached hydrogen (secondary N) is 1. The molecule has 4 rings (SSSR count). The first-order valence-electron chi connectivity index (χ1n) is 7.26. The van der Waals surface area contributed by atoms with Gasteiger partial charge >= 0.3 is 0 Å². The number of para-hydroxylation sites is 1. The maximum Gasteiger partial charge on any atom is 0.0519 e. The Balaban J connectivity index is 1.99. The molecule has 1 aromatic heterocycles. The maximum atomic E-state index is 3.22. The van der Waals surface area contributed by atoms with Crippen molar-refractivity contribution >= 4 is 16.6 Å². The van der Waals surface area contributed by atoms with Gasteiger partial charge in [0.2, 0.25) is 0 Å². The van der Waals surface area contributed by atoms with Crippen LogP contribution in [0.5, 0.6) is 0 Å². The number of aryl methyl sites for hydroxylation is 2. The molecule has 0 unspecified atom stereocenters. The summed E-state index contributed by atoms with van der Waals surface area (Å²) >= 11 is 0. The van der Waals surface area contributed by atoms with E-state index in [9.17, 15) is 0 Å². The van der Waals surface area contributed by atoms with Crippen molar-refractivity contribution < 1.29 is 0 Å². The van der Waals surface area contributed by atoms with Gasteiger partial charge in [0.25, 0.3) is 0 Å². The monoisotopic (exact) mass is 262 g/mol. The number of aromatic nitrogens is 1. The Labute approximate surface area is 119 Å². The van der Waals surface area contributed by atoms with E-state index in [-0.39, 0.29) is 0 Å². The molecule has 0 radical (unpaired) electrons. The Kier molecular flexibility index (Phi) is 2.56. The highest BCUT2D eigenvalue weighted by molar-refractivity contribution is 5.98. The standard InChI is InChI=1S/C18H18N2/c1-19-15-8-2-6-14(11-15)17-12-20-10-4-7-13-5-3-9-16(17)18(13)20/h2-3,5-6,8-9,11-12,19H,4,7,10H2,1H3. The molecule has 0 saturated heterocycles. The lowest BCUT2D eigenvalue weighted by Gasteiger charge is -2.14. The van der Waals surface area contributed by atoms with Gasteiger partial charge in [-0.1, -0.05) is 30.3 Å². The molecule has 3 aromatic rings. The van der Waals surface area contributed by atoms with Crippen LogP contribution in [0.2, 0.25) is 0 Å². The number of anilines is 1. The Morgan fingerprint density at radius 2 is 2.00 bits per heavy atom. The van der Waals surface area contributed by atoms with E-state index in [1.54, 1.807) is 0 Å². The fraction of sp³-hybridized carbons (Fsp3) is 0.222. The Bertz CT molecular complexity index is 783. The predicted octanol–water partition coefficient (Wildman–Crippen LogP) is 4.30. The average Bonchev–Trinajstić information content (AvgIpc) is 2.89. The minimum Gasteiger partial charge on any atom is -0.388 e. The normalized spacial score (nSPS) is 13.7.